The van der Waals surface area contributed by atoms with Gasteiger partial charge in [-0.15, -0.1) is 11.6 Å². The number of benzene rings is 1. The molecule has 0 fully saturated rings. The first-order valence-electron chi connectivity index (χ1n) is 6.20. The molecule has 1 heterocycles. The third-order valence-corrected chi connectivity index (χ3v) is 3.91. The van der Waals surface area contributed by atoms with Gasteiger partial charge in [-0.2, -0.15) is 0 Å². The second kappa shape index (κ2) is 6.89. The van der Waals surface area contributed by atoms with E-state index in [0.717, 1.165) is 19.6 Å². The number of fused-ring (bicyclic) bond motifs is 1. The maximum atomic E-state index is 5.98. The van der Waals surface area contributed by atoms with Gasteiger partial charge in [0.25, 0.3) is 0 Å². The summed E-state index contributed by atoms with van der Waals surface area (Å²) in [5.74, 6) is 1.90. The lowest BCUT2D eigenvalue weighted by Crippen LogP contribution is -2.41. The Morgan fingerprint density at radius 2 is 1.95 bits per heavy atom. The van der Waals surface area contributed by atoms with E-state index in [1.165, 1.54) is 0 Å². The fourth-order valence-electron chi connectivity index (χ4n) is 1.99. The van der Waals surface area contributed by atoms with Crippen molar-refractivity contribution in [1.29, 1.82) is 0 Å². The fraction of sp³-hybridized carbons (Fsp3) is 0.538. The summed E-state index contributed by atoms with van der Waals surface area (Å²) in [6, 6.07) is 3.38. The zero-order valence-electron chi connectivity index (χ0n) is 10.7. The smallest absolute Gasteiger partial charge is 0.163 e. The summed E-state index contributed by atoms with van der Waals surface area (Å²) in [4.78, 5) is 2.23. The number of rotatable bonds is 5. The normalized spacial score (nSPS) is 17.8. The number of alkyl halides is 1. The van der Waals surface area contributed by atoms with E-state index >= 15 is 0 Å². The molecular weight excluding hydrogens is 309 g/mol. The van der Waals surface area contributed by atoms with E-state index in [0.29, 0.717) is 34.0 Å². The minimum absolute atomic E-state index is 0.0205. The predicted octanol–water partition coefficient (Wildman–Crippen LogP) is 3.69. The Balaban J connectivity index is 2.03. The highest BCUT2D eigenvalue weighted by Crippen LogP contribution is 2.38. The Bertz CT molecular complexity index is 442. The number of likely N-dealkylation sites (N-methyl/N-ethyl adjacent to an activating group) is 1. The first-order valence-corrected chi connectivity index (χ1v) is 7.50. The lowest BCUT2D eigenvalue weighted by molar-refractivity contribution is 0.0617. The molecule has 106 valence electrons. The van der Waals surface area contributed by atoms with Crippen LogP contribution in [-0.4, -0.2) is 43.1 Å². The summed E-state index contributed by atoms with van der Waals surface area (Å²) < 4.78 is 11.6. The van der Waals surface area contributed by atoms with E-state index in [2.05, 4.69) is 11.8 Å². The van der Waals surface area contributed by atoms with Crippen LogP contribution in [-0.2, 0) is 0 Å². The van der Waals surface area contributed by atoms with Gasteiger partial charge in [0.1, 0.15) is 12.7 Å². The highest BCUT2D eigenvalue weighted by atomic mass is 35.5. The van der Waals surface area contributed by atoms with Crippen LogP contribution in [0.1, 0.15) is 6.92 Å². The topological polar surface area (TPSA) is 21.7 Å². The average Bonchev–Trinajstić information content (AvgIpc) is 2.40. The second-order valence-electron chi connectivity index (χ2n) is 4.35. The molecule has 0 aromatic heterocycles. The monoisotopic (exact) mass is 323 g/mol. The maximum Gasteiger partial charge on any atom is 0.163 e. The van der Waals surface area contributed by atoms with Gasteiger partial charge in [0, 0.05) is 31.1 Å². The van der Waals surface area contributed by atoms with Crippen LogP contribution >= 0.6 is 34.8 Å². The summed E-state index contributed by atoms with van der Waals surface area (Å²) in [6.07, 6.45) is -0.0205. The van der Waals surface area contributed by atoms with Crippen LogP contribution in [0.25, 0.3) is 0 Å². The van der Waals surface area contributed by atoms with Crippen molar-refractivity contribution >= 4 is 34.8 Å². The third-order valence-electron chi connectivity index (χ3n) is 3.01. The summed E-state index contributed by atoms with van der Waals surface area (Å²) in [6.45, 7) is 5.15. The quantitative estimate of drug-likeness (QED) is 0.771. The van der Waals surface area contributed by atoms with Crippen LogP contribution in [0.15, 0.2) is 12.1 Å². The van der Waals surface area contributed by atoms with Crippen molar-refractivity contribution in [2.45, 2.75) is 13.0 Å². The van der Waals surface area contributed by atoms with Gasteiger partial charge in [0.2, 0.25) is 0 Å². The molecule has 0 aliphatic carbocycles. The SMILES string of the molecule is CCN(CCCl)CC1COc2cc(Cl)c(Cl)cc2O1. The fourth-order valence-corrected chi connectivity index (χ4v) is 2.53. The Hall–Kier alpha value is -0.350. The summed E-state index contributed by atoms with van der Waals surface area (Å²) >= 11 is 17.7. The van der Waals surface area contributed by atoms with Gasteiger partial charge >= 0.3 is 0 Å². The molecule has 3 nitrogen and oxygen atoms in total. The maximum absolute atomic E-state index is 5.98. The van der Waals surface area contributed by atoms with Crippen molar-refractivity contribution in [1.82, 2.24) is 4.90 Å². The highest BCUT2D eigenvalue weighted by molar-refractivity contribution is 6.42. The summed E-state index contributed by atoms with van der Waals surface area (Å²) in [7, 11) is 0. The number of halogens is 3. The van der Waals surface area contributed by atoms with Crippen molar-refractivity contribution in [3.05, 3.63) is 22.2 Å². The molecular formula is C13H16Cl3NO2. The van der Waals surface area contributed by atoms with Crippen LogP contribution in [0.3, 0.4) is 0 Å². The largest absolute Gasteiger partial charge is 0.486 e. The minimum atomic E-state index is -0.0205. The van der Waals surface area contributed by atoms with Gasteiger partial charge in [-0.1, -0.05) is 30.1 Å². The standard InChI is InChI=1S/C13H16Cl3NO2/c1-2-17(4-3-14)7-9-8-18-12-5-10(15)11(16)6-13(12)19-9/h5-6,9H,2-4,7-8H2,1H3. The zero-order chi connectivity index (χ0) is 13.8. The Morgan fingerprint density at radius 1 is 1.26 bits per heavy atom. The van der Waals surface area contributed by atoms with Gasteiger partial charge in [0.15, 0.2) is 11.5 Å². The number of ether oxygens (including phenoxy) is 2. The van der Waals surface area contributed by atoms with E-state index < -0.39 is 0 Å². The van der Waals surface area contributed by atoms with Crippen molar-refractivity contribution in [2.24, 2.45) is 0 Å². The number of hydrogen-bond acceptors (Lipinski definition) is 3. The zero-order valence-corrected chi connectivity index (χ0v) is 12.9. The average molecular weight is 325 g/mol. The van der Waals surface area contributed by atoms with Crippen LogP contribution in [0, 0.1) is 0 Å². The molecule has 1 atom stereocenters. The molecule has 0 spiro atoms. The highest BCUT2D eigenvalue weighted by Gasteiger charge is 2.24. The first-order chi connectivity index (χ1) is 9.13. The molecule has 0 saturated carbocycles. The van der Waals surface area contributed by atoms with Crippen LogP contribution < -0.4 is 9.47 Å². The summed E-state index contributed by atoms with van der Waals surface area (Å²) in [5, 5.41) is 0.942. The molecule has 1 aliphatic rings. The van der Waals surface area contributed by atoms with Gasteiger partial charge in [-0.3, -0.25) is 4.90 Å². The molecule has 1 aromatic carbocycles. The first kappa shape index (κ1) is 15.0. The van der Waals surface area contributed by atoms with Crippen LogP contribution in [0.4, 0.5) is 0 Å². The Kier molecular flexibility index (Phi) is 5.46. The van der Waals surface area contributed by atoms with Crippen molar-refractivity contribution < 1.29 is 9.47 Å². The number of nitrogens with zero attached hydrogens (tertiary/aromatic N) is 1. The molecule has 6 heteroatoms. The van der Waals surface area contributed by atoms with Gasteiger partial charge < -0.3 is 9.47 Å². The molecule has 0 amide bonds. The summed E-state index contributed by atoms with van der Waals surface area (Å²) in [5.41, 5.74) is 0. The second-order valence-corrected chi connectivity index (χ2v) is 5.54. The van der Waals surface area contributed by atoms with Crippen molar-refractivity contribution in [3.8, 4) is 11.5 Å². The Morgan fingerprint density at radius 3 is 2.58 bits per heavy atom. The van der Waals surface area contributed by atoms with E-state index in [9.17, 15) is 0 Å². The van der Waals surface area contributed by atoms with Gasteiger partial charge in [-0.05, 0) is 6.54 Å². The lowest BCUT2D eigenvalue weighted by Gasteiger charge is -2.30. The van der Waals surface area contributed by atoms with E-state index in [1.54, 1.807) is 12.1 Å². The molecule has 1 unspecified atom stereocenters. The molecule has 1 aliphatic heterocycles. The van der Waals surface area contributed by atoms with Crippen LogP contribution in [0.5, 0.6) is 11.5 Å². The Labute approximate surface area is 128 Å². The van der Waals surface area contributed by atoms with E-state index in [1.807, 2.05) is 0 Å². The molecule has 0 bridgehead atoms. The van der Waals surface area contributed by atoms with Crippen molar-refractivity contribution in [2.75, 3.05) is 32.1 Å². The molecule has 0 N–H and O–H groups in total. The lowest BCUT2D eigenvalue weighted by atomic mass is 10.2. The molecule has 1 aromatic rings. The van der Waals surface area contributed by atoms with E-state index in [4.69, 9.17) is 44.3 Å². The third kappa shape index (κ3) is 3.82. The van der Waals surface area contributed by atoms with Crippen LogP contribution in [0.2, 0.25) is 10.0 Å². The number of hydrogen-bond donors (Lipinski definition) is 0. The molecule has 2 rings (SSSR count). The minimum Gasteiger partial charge on any atom is -0.486 e. The molecule has 0 radical (unpaired) electrons. The van der Waals surface area contributed by atoms with Crippen molar-refractivity contribution in [3.63, 3.8) is 0 Å². The molecule has 0 saturated heterocycles. The predicted molar refractivity (Wildman–Crippen MR) is 79.2 cm³/mol. The van der Waals surface area contributed by atoms with Gasteiger partial charge in [0.05, 0.1) is 10.0 Å². The van der Waals surface area contributed by atoms with E-state index in [-0.39, 0.29) is 6.10 Å². The van der Waals surface area contributed by atoms with Gasteiger partial charge in [-0.25, -0.2) is 0 Å². The molecule has 19 heavy (non-hydrogen) atoms.